The van der Waals surface area contributed by atoms with Crippen molar-refractivity contribution in [1.29, 1.82) is 0 Å². The maximum atomic E-state index is 13.4. The number of hydrogen-bond donors (Lipinski definition) is 2. The van der Waals surface area contributed by atoms with Crippen molar-refractivity contribution in [2.75, 3.05) is 18.2 Å². The summed E-state index contributed by atoms with van der Waals surface area (Å²) in [4.78, 5) is 30.7. The molecular weight excluding hydrogens is 446 g/mol. The van der Waals surface area contributed by atoms with Gasteiger partial charge in [0.05, 0.1) is 22.3 Å². The number of carbonyl (C=O) groups is 2. The third kappa shape index (κ3) is 6.17. The quantitative estimate of drug-likeness (QED) is 0.455. The monoisotopic (exact) mass is 481 g/mol. The van der Waals surface area contributed by atoms with Crippen LogP contribution in [0.15, 0.2) is 10.4 Å². The van der Waals surface area contributed by atoms with Crippen molar-refractivity contribution in [1.82, 2.24) is 9.88 Å². The van der Waals surface area contributed by atoms with Crippen molar-refractivity contribution in [3.05, 3.63) is 6.20 Å². The highest BCUT2D eigenvalue weighted by molar-refractivity contribution is 8.01. The summed E-state index contributed by atoms with van der Waals surface area (Å²) >= 11 is 2.58. The highest BCUT2D eigenvalue weighted by Gasteiger charge is 2.41. The van der Waals surface area contributed by atoms with E-state index in [4.69, 9.17) is 9.84 Å². The maximum absolute atomic E-state index is 13.4. The van der Waals surface area contributed by atoms with Crippen LogP contribution in [0.5, 0.6) is 0 Å². The van der Waals surface area contributed by atoms with Gasteiger partial charge in [0.15, 0.2) is 5.13 Å². The molecule has 1 heterocycles. The Morgan fingerprint density at radius 1 is 1.12 bits per heavy atom. The Morgan fingerprint density at radius 2 is 1.75 bits per heavy atom. The zero-order chi connectivity index (χ0) is 22.5. The number of nitrogens with zero attached hydrogens (tertiary/aromatic N) is 2. The molecule has 0 aromatic carbocycles. The summed E-state index contributed by atoms with van der Waals surface area (Å²) in [5.74, 6) is 0.506. The maximum Gasteiger partial charge on any atom is 0.324 e. The molecule has 9 heteroatoms. The lowest BCUT2D eigenvalue weighted by molar-refractivity contribution is -0.133. The van der Waals surface area contributed by atoms with Gasteiger partial charge in [-0.25, -0.2) is 9.78 Å². The zero-order valence-corrected chi connectivity index (χ0v) is 20.5. The Kier molecular flexibility index (Phi) is 8.34. The summed E-state index contributed by atoms with van der Waals surface area (Å²) in [6, 6.07) is 0.523. The fourth-order valence-electron chi connectivity index (χ4n) is 5.56. The van der Waals surface area contributed by atoms with Crippen molar-refractivity contribution in [3.63, 3.8) is 0 Å². The zero-order valence-electron chi connectivity index (χ0n) is 18.8. The molecule has 0 bridgehead atoms. The van der Waals surface area contributed by atoms with E-state index in [0.717, 1.165) is 48.7 Å². The van der Waals surface area contributed by atoms with Crippen LogP contribution in [0.4, 0.5) is 9.93 Å². The Labute approximate surface area is 198 Å². The predicted octanol–water partition coefficient (Wildman–Crippen LogP) is 5.47. The van der Waals surface area contributed by atoms with Crippen LogP contribution in [-0.2, 0) is 9.53 Å². The number of methoxy groups -OCH3 is 1. The average molecular weight is 482 g/mol. The summed E-state index contributed by atoms with van der Waals surface area (Å²) in [7, 11) is 1.86. The van der Waals surface area contributed by atoms with E-state index < -0.39 is 5.97 Å². The molecule has 7 nitrogen and oxygen atoms in total. The van der Waals surface area contributed by atoms with Gasteiger partial charge in [0.25, 0.3) is 0 Å². The molecule has 1 aromatic rings. The first-order valence-electron chi connectivity index (χ1n) is 12.0. The second-order valence-electron chi connectivity index (χ2n) is 9.40. The molecule has 4 rings (SSSR count). The van der Waals surface area contributed by atoms with Crippen molar-refractivity contribution in [3.8, 4) is 0 Å². The average Bonchev–Trinajstić information content (AvgIpc) is 3.53. The normalized spacial score (nSPS) is 25.3. The molecule has 2 N–H and O–H groups in total. The van der Waals surface area contributed by atoms with Crippen LogP contribution in [0.3, 0.4) is 0 Å². The van der Waals surface area contributed by atoms with Gasteiger partial charge in [-0.05, 0) is 63.2 Å². The standard InChI is InChI=1S/C23H35N3O4S2/c1-30-21(15-7-8-15)16-9-11-18(12-10-16)26(17-5-3-2-4-6-17)23(29)25-22-24-13-20(32-22)31-14-19(27)28/h13,15-18,21H,2-12,14H2,1H3,(H,27,28)(H,24,25,29)/t16-,18-,21?. The molecule has 3 saturated carbocycles. The number of thiazole rings is 1. The molecule has 1 unspecified atom stereocenters. The van der Waals surface area contributed by atoms with Gasteiger partial charge in [-0.2, -0.15) is 0 Å². The van der Waals surface area contributed by atoms with E-state index in [9.17, 15) is 9.59 Å². The minimum atomic E-state index is -0.856. The summed E-state index contributed by atoms with van der Waals surface area (Å²) in [6.45, 7) is 0. The largest absolute Gasteiger partial charge is 0.481 e. The third-order valence-corrected chi connectivity index (χ3v) is 9.29. The SMILES string of the molecule is COC(C1CC1)[C@H]1CC[C@H](N(C(=O)Nc2ncc(SCC(=O)O)s2)C2CCCCC2)CC1. The van der Waals surface area contributed by atoms with E-state index in [1.165, 1.54) is 55.2 Å². The number of hydrogen-bond acceptors (Lipinski definition) is 6. The van der Waals surface area contributed by atoms with Crippen LogP contribution in [0.25, 0.3) is 0 Å². The Morgan fingerprint density at radius 3 is 2.34 bits per heavy atom. The number of aromatic nitrogens is 1. The molecule has 1 atom stereocenters. The van der Waals surface area contributed by atoms with Crippen LogP contribution in [0.2, 0.25) is 0 Å². The van der Waals surface area contributed by atoms with Crippen LogP contribution in [0, 0.1) is 11.8 Å². The van der Waals surface area contributed by atoms with Crippen molar-refractivity contribution in [2.24, 2.45) is 11.8 Å². The molecule has 178 valence electrons. The highest BCUT2D eigenvalue weighted by atomic mass is 32.2. The Balaban J connectivity index is 1.39. The van der Waals surface area contributed by atoms with Crippen LogP contribution < -0.4 is 5.32 Å². The number of amides is 2. The number of carbonyl (C=O) groups excluding carboxylic acids is 1. The van der Waals surface area contributed by atoms with E-state index in [0.29, 0.717) is 23.2 Å². The van der Waals surface area contributed by atoms with Gasteiger partial charge in [-0.1, -0.05) is 30.6 Å². The summed E-state index contributed by atoms with van der Waals surface area (Å²) in [5, 5.41) is 12.4. The number of anilines is 1. The Hall–Kier alpha value is -1.32. The van der Waals surface area contributed by atoms with E-state index >= 15 is 0 Å². The minimum absolute atomic E-state index is 0.00363. The number of rotatable bonds is 9. The van der Waals surface area contributed by atoms with Gasteiger partial charge in [0.2, 0.25) is 0 Å². The van der Waals surface area contributed by atoms with Gasteiger partial charge >= 0.3 is 12.0 Å². The van der Waals surface area contributed by atoms with Crippen molar-refractivity contribution >= 4 is 40.2 Å². The molecular formula is C23H35N3O4S2. The van der Waals surface area contributed by atoms with Crippen molar-refractivity contribution < 1.29 is 19.4 Å². The van der Waals surface area contributed by atoms with Crippen LogP contribution in [-0.4, -0.2) is 58.0 Å². The van der Waals surface area contributed by atoms with Crippen LogP contribution >= 0.6 is 23.1 Å². The lowest BCUT2D eigenvalue weighted by atomic mass is 9.79. The first-order chi connectivity index (χ1) is 15.5. The van der Waals surface area contributed by atoms with Gasteiger partial charge in [-0.15, -0.1) is 11.8 Å². The Bertz CT molecular complexity index is 771. The highest BCUT2D eigenvalue weighted by Crippen LogP contribution is 2.43. The van der Waals surface area contributed by atoms with Gasteiger partial charge in [-0.3, -0.25) is 10.1 Å². The number of carboxylic acids is 1. The number of ether oxygens (including phenoxy) is 1. The number of nitrogens with one attached hydrogen (secondary N) is 1. The molecule has 0 aliphatic heterocycles. The number of carboxylic acid groups (broad SMARTS) is 1. The van der Waals surface area contributed by atoms with Gasteiger partial charge in [0.1, 0.15) is 0 Å². The topological polar surface area (TPSA) is 91.8 Å². The van der Waals surface area contributed by atoms with E-state index in [1.807, 2.05) is 7.11 Å². The second-order valence-corrected chi connectivity index (χ2v) is 11.7. The lowest BCUT2D eigenvalue weighted by Gasteiger charge is -2.43. The second kappa shape index (κ2) is 11.2. The molecule has 1 aromatic heterocycles. The van der Waals surface area contributed by atoms with Gasteiger partial charge in [0, 0.05) is 19.2 Å². The molecule has 2 amide bonds. The lowest BCUT2D eigenvalue weighted by Crippen LogP contribution is -2.51. The van der Waals surface area contributed by atoms with E-state index in [1.54, 1.807) is 6.20 Å². The molecule has 3 aliphatic carbocycles. The summed E-state index contributed by atoms with van der Waals surface area (Å²) in [6.07, 6.45) is 14.8. The molecule has 3 aliphatic rings. The van der Waals surface area contributed by atoms with E-state index in [-0.39, 0.29) is 17.8 Å². The predicted molar refractivity (Wildman–Crippen MR) is 127 cm³/mol. The number of urea groups is 1. The molecule has 0 saturated heterocycles. The number of thioether (sulfide) groups is 1. The first kappa shape index (κ1) is 23.8. The fourth-order valence-corrected chi connectivity index (χ4v) is 7.15. The molecule has 3 fully saturated rings. The van der Waals surface area contributed by atoms with E-state index in [2.05, 4.69) is 15.2 Å². The molecule has 32 heavy (non-hydrogen) atoms. The fraction of sp³-hybridized carbons (Fsp3) is 0.783. The van der Waals surface area contributed by atoms with Gasteiger partial charge < -0.3 is 14.7 Å². The first-order valence-corrected chi connectivity index (χ1v) is 13.8. The smallest absolute Gasteiger partial charge is 0.324 e. The summed E-state index contributed by atoms with van der Waals surface area (Å²) in [5.41, 5.74) is 0. The van der Waals surface area contributed by atoms with Crippen molar-refractivity contribution in [2.45, 2.75) is 93.0 Å². The number of aliphatic carboxylic acids is 1. The molecule has 0 radical (unpaired) electrons. The molecule has 0 spiro atoms. The summed E-state index contributed by atoms with van der Waals surface area (Å²) < 4.78 is 6.65. The minimum Gasteiger partial charge on any atom is -0.481 e. The third-order valence-electron chi connectivity index (χ3n) is 7.20. The van der Waals surface area contributed by atoms with Crippen LogP contribution in [0.1, 0.15) is 70.6 Å².